The molecule has 3 aromatic heterocycles. The Hall–Kier alpha value is -3.83. The summed E-state index contributed by atoms with van der Waals surface area (Å²) >= 11 is 0. The van der Waals surface area contributed by atoms with Gasteiger partial charge in [-0.1, -0.05) is 6.58 Å². The molecule has 1 unspecified atom stereocenters. The summed E-state index contributed by atoms with van der Waals surface area (Å²) in [5, 5.41) is 11.1. The van der Waals surface area contributed by atoms with E-state index in [2.05, 4.69) is 27.5 Å². The first-order valence-corrected chi connectivity index (χ1v) is 12.4. The molecule has 0 radical (unpaired) electrons. The molecular formula is C28H30N6O2. The van der Waals surface area contributed by atoms with E-state index in [1.54, 1.807) is 19.4 Å². The Morgan fingerprint density at radius 1 is 1.28 bits per heavy atom. The topological polar surface area (TPSA) is 95.2 Å². The summed E-state index contributed by atoms with van der Waals surface area (Å²) in [6.07, 6.45) is 6.00. The van der Waals surface area contributed by atoms with E-state index in [0.29, 0.717) is 55.6 Å². The summed E-state index contributed by atoms with van der Waals surface area (Å²) in [6, 6.07) is 10.3. The molecule has 0 N–H and O–H groups in total. The SMILES string of the molecule is C=Cc1cc(-c2cc(C#N)c(N3CCN(C(=O)CCOC)C(C)C3)nc2C2CC2)c2cccnc2n1. The number of nitrogens with zero attached hydrogens (tertiary/aromatic N) is 6. The second-order valence-corrected chi connectivity index (χ2v) is 9.48. The Bertz CT molecular complexity index is 1360. The number of carbonyl (C=O) groups is 1. The molecule has 0 spiro atoms. The first kappa shape index (κ1) is 23.9. The lowest BCUT2D eigenvalue weighted by Crippen LogP contribution is -2.54. The Morgan fingerprint density at radius 2 is 2.11 bits per heavy atom. The summed E-state index contributed by atoms with van der Waals surface area (Å²) < 4.78 is 5.07. The highest BCUT2D eigenvalue weighted by Crippen LogP contribution is 2.46. The van der Waals surface area contributed by atoms with Crippen molar-refractivity contribution >= 4 is 28.8 Å². The van der Waals surface area contributed by atoms with Crippen molar-refractivity contribution in [2.75, 3.05) is 38.3 Å². The summed E-state index contributed by atoms with van der Waals surface area (Å²) in [7, 11) is 1.61. The van der Waals surface area contributed by atoms with Crippen molar-refractivity contribution in [3.8, 4) is 17.2 Å². The number of fused-ring (bicyclic) bond motifs is 1. The minimum absolute atomic E-state index is 0.0193. The number of hydrogen-bond donors (Lipinski definition) is 0. The average Bonchev–Trinajstić information content (AvgIpc) is 3.75. The molecule has 1 saturated heterocycles. The zero-order valence-corrected chi connectivity index (χ0v) is 20.8. The third-order valence-electron chi connectivity index (χ3n) is 6.99. The van der Waals surface area contributed by atoms with Crippen molar-refractivity contribution in [2.45, 2.75) is 38.1 Å². The lowest BCUT2D eigenvalue weighted by Gasteiger charge is -2.41. The quantitative estimate of drug-likeness (QED) is 0.499. The number of methoxy groups -OCH3 is 1. The molecule has 184 valence electrons. The predicted octanol–water partition coefficient (Wildman–Crippen LogP) is 4.16. The van der Waals surface area contributed by atoms with Crippen LogP contribution in [0, 0.1) is 11.3 Å². The molecule has 1 amide bonds. The highest BCUT2D eigenvalue weighted by molar-refractivity contribution is 5.95. The van der Waals surface area contributed by atoms with Crippen LogP contribution in [-0.4, -0.2) is 65.2 Å². The number of anilines is 1. The van der Waals surface area contributed by atoms with Crippen molar-refractivity contribution in [1.82, 2.24) is 19.9 Å². The molecule has 2 aliphatic rings. The molecule has 1 atom stereocenters. The van der Waals surface area contributed by atoms with Gasteiger partial charge in [0.15, 0.2) is 5.65 Å². The number of carbonyl (C=O) groups excluding carboxylic acids is 1. The van der Waals surface area contributed by atoms with Crippen molar-refractivity contribution in [1.29, 1.82) is 5.26 Å². The van der Waals surface area contributed by atoms with Crippen LogP contribution in [0.1, 0.15) is 49.1 Å². The largest absolute Gasteiger partial charge is 0.384 e. The van der Waals surface area contributed by atoms with Gasteiger partial charge in [-0.15, -0.1) is 0 Å². The highest BCUT2D eigenvalue weighted by Gasteiger charge is 2.33. The van der Waals surface area contributed by atoms with E-state index >= 15 is 0 Å². The highest BCUT2D eigenvalue weighted by atomic mass is 16.5. The van der Waals surface area contributed by atoms with E-state index in [-0.39, 0.29) is 11.9 Å². The zero-order valence-electron chi connectivity index (χ0n) is 20.8. The molecule has 8 nitrogen and oxygen atoms in total. The standard InChI is InChI=1S/C28H30N6O2/c1-4-21-15-23(22-6-5-10-30-27(22)31-21)24-14-20(16-29)28(32-26(24)19-7-8-19)33-11-12-34(18(2)17-33)25(35)9-13-36-3/h4-6,10,14-15,18-19H,1,7-9,11-13,17H2,2-3H3. The smallest absolute Gasteiger partial charge is 0.225 e. The Kier molecular flexibility index (Phi) is 6.66. The van der Waals surface area contributed by atoms with Crippen LogP contribution in [0.4, 0.5) is 5.82 Å². The second kappa shape index (κ2) is 10.0. The van der Waals surface area contributed by atoms with Gasteiger partial charge in [-0.2, -0.15) is 5.26 Å². The third-order valence-corrected chi connectivity index (χ3v) is 6.99. The number of ether oxygens (including phenoxy) is 1. The number of nitriles is 1. The molecule has 4 heterocycles. The number of pyridine rings is 3. The van der Waals surface area contributed by atoms with Gasteiger partial charge in [-0.05, 0) is 55.7 Å². The molecular weight excluding hydrogens is 452 g/mol. The first-order valence-electron chi connectivity index (χ1n) is 12.4. The van der Waals surface area contributed by atoms with Crippen LogP contribution in [0.3, 0.4) is 0 Å². The molecule has 0 bridgehead atoms. The van der Waals surface area contributed by atoms with Gasteiger partial charge in [0.2, 0.25) is 5.91 Å². The molecule has 8 heteroatoms. The maximum absolute atomic E-state index is 12.6. The molecule has 0 aromatic carbocycles. The lowest BCUT2D eigenvalue weighted by molar-refractivity contribution is -0.134. The van der Waals surface area contributed by atoms with Gasteiger partial charge in [0.1, 0.15) is 11.9 Å². The van der Waals surface area contributed by atoms with E-state index in [0.717, 1.165) is 40.7 Å². The summed E-state index contributed by atoms with van der Waals surface area (Å²) in [4.78, 5) is 30.8. The fourth-order valence-electron chi connectivity index (χ4n) is 4.98. The fraction of sp³-hybridized carbons (Fsp3) is 0.393. The van der Waals surface area contributed by atoms with Crippen molar-refractivity contribution in [3.63, 3.8) is 0 Å². The zero-order chi connectivity index (χ0) is 25.2. The third kappa shape index (κ3) is 4.54. The molecule has 1 aliphatic heterocycles. The number of amides is 1. The number of piperazine rings is 1. The van der Waals surface area contributed by atoms with Crippen molar-refractivity contribution in [2.24, 2.45) is 0 Å². The van der Waals surface area contributed by atoms with Gasteiger partial charge in [-0.3, -0.25) is 4.79 Å². The molecule has 1 aliphatic carbocycles. The Morgan fingerprint density at radius 3 is 2.81 bits per heavy atom. The van der Waals surface area contributed by atoms with Crippen LogP contribution in [-0.2, 0) is 9.53 Å². The van der Waals surface area contributed by atoms with Gasteiger partial charge in [0.05, 0.1) is 30.0 Å². The van der Waals surface area contributed by atoms with Gasteiger partial charge in [0, 0.05) is 55.9 Å². The maximum Gasteiger partial charge on any atom is 0.225 e. The second-order valence-electron chi connectivity index (χ2n) is 9.48. The first-order chi connectivity index (χ1) is 17.5. The number of rotatable bonds is 7. The molecule has 1 saturated carbocycles. The van der Waals surface area contributed by atoms with Gasteiger partial charge < -0.3 is 14.5 Å². The van der Waals surface area contributed by atoms with Gasteiger partial charge >= 0.3 is 0 Å². The van der Waals surface area contributed by atoms with Crippen molar-refractivity contribution in [3.05, 3.63) is 54.0 Å². The Labute approximate surface area is 211 Å². The van der Waals surface area contributed by atoms with Crippen LogP contribution in [0.2, 0.25) is 0 Å². The van der Waals surface area contributed by atoms with Crippen LogP contribution in [0.25, 0.3) is 28.2 Å². The van der Waals surface area contributed by atoms with Gasteiger partial charge in [0.25, 0.3) is 0 Å². The Balaban J connectivity index is 1.54. The van der Waals surface area contributed by atoms with Crippen LogP contribution < -0.4 is 4.90 Å². The van der Waals surface area contributed by atoms with E-state index in [1.165, 1.54) is 0 Å². The van der Waals surface area contributed by atoms with E-state index in [9.17, 15) is 10.1 Å². The molecule has 5 rings (SSSR count). The number of aromatic nitrogens is 3. The molecule has 3 aromatic rings. The van der Waals surface area contributed by atoms with Crippen LogP contribution in [0.15, 0.2) is 37.0 Å². The summed E-state index contributed by atoms with van der Waals surface area (Å²) in [5.74, 6) is 1.18. The lowest BCUT2D eigenvalue weighted by atomic mass is 9.96. The van der Waals surface area contributed by atoms with E-state index < -0.39 is 0 Å². The normalized spacial score (nSPS) is 17.8. The fourth-order valence-corrected chi connectivity index (χ4v) is 4.98. The average molecular weight is 483 g/mol. The van der Waals surface area contributed by atoms with E-state index in [4.69, 9.17) is 9.72 Å². The van der Waals surface area contributed by atoms with Crippen LogP contribution in [0.5, 0.6) is 0 Å². The van der Waals surface area contributed by atoms with Gasteiger partial charge in [-0.25, -0.2) is 15.0 Å². The molecule has 36 heavy (non-hydrogen) atoms. The minimum Gasteiger partial charge on any atom is -0.384 e. The van der Waals surface area contributed by atoms with Crippen molar-refractivity contribution < 1.29 is 9.53 Å². The monoisotopic (exact) mass is 482 g/mol. The van der Waals surface area contributed by atoms with E-state index in [1.807, 2.05) is 36.1 Å². The number of hydrogen-bond acceptors (Lipinski definition) is 7. The van der Waals surface area contributed by atoms with Crippen LogP contribution >= 0.6 is 0 Å². The summed E-state index contributed by atoms with van der Waals surface area (Å²) in [5.41, 5.74) is 4.88. The maximum atomic E-state index is 12.6. The minimum atomic E-state index is 0.0193. The predicted molar refractivity (Wildman–Crippen MR) is 139 cm³/mol. The molecule has 2 fully saturated rings. The summed E-state index contributed by atoms with van der Waals surface area (Å²) in [6.45, 7) is 8.23.